The van der Waals surface area contributed by atoms with Crippen LogP contribution in [0.15, 0.2) is 0 Å². The van der Waals surface area contributed by atoms with Crippen molar-refractivity contribution in [3.63, 3.8) is 0 Å². The molecule has 2 atom stereocenters. The van der Waals surface area contributed by atoms with E-state index in [4.69, 9.17) is 0 Å². The van der Waals surface area contributed by atoms with Crippen LogP contribution in [0.25, 0.3) is 0 Å². The maximum Gasteiger partial charge on any atom is 0.146 e. The Balaban J connectivity index is 2.54. The Hall–Kier alpha value is -0.410. The molecule has 0 spiro atoms. The number of carbonyl (C=O) groups is 1. The van der Waals surface area contributed by atoms with E-state index in [9.17, 15) is 4.79 Å². The number of hydrogen-bond acceptors (Lipinski definition) is 3. The SMILES string of the molecule is CCC1CN(C(C)C(C)=O)CCN1C. The second-order valence-corrected chi connectivity index (χ2v) is 4.32. The van der Waals surface area contributed by atoms with Gasteiger partial charge in [0.15, 0.2) is 0 Å². The van der Waals surface area contributed by atoms with E-state index in [-0.39, 0.29) is 11.8 Å². The Labute approximate surface area is 87.1 Å². The first-order chi connectivity index (χ1) is 6.56. The predicted molar refractivity (Wildman–Crippen MR) is 58.4 cm³/mol. The molecule has 3 nitrogen and oxygen atoms in total. The zero-order valence-corrected chi connectivity index (χ0v) is 9.79. The van der Waals surface area contributed by atoms with Gasteiger partial charge in [0.25, 0.3) is 0 Å². The highest BCUT2D eigenvalue weighted by Gasteiger charge is 2.27. The number of hydrogen-bond donors (Lipinski definition) is 0. The summed E-state index contributed by atoms with van der Waals surface area (Å²) in [7, 11) is 2.17. The minimum Gasteiger partial charge on any atom is -0.301 e. The van der Waals surface area contributed by atoms with Gasteiger partial charge in [-0.15, -0.1) is 0 Å². The molecule has 0 bridgehead atoms. The molecule has 0 radical (unpaired) electrons. The van der Waals surface area contributed by atoms with Crippen LogP contribution >= 0.6 is 0 Å². The largest absolute Gasteiger partial charge is 0.301 e. The molecule has 1 heterocycles. The monoisotopic (exact) mass is 198 g/mol. The van der Waals surface area contributed by atoms with Gasteiger partial charge in [0.1, 0.15) is 5.78 Å². The summed E-state index contributed by atoms with van der Waals surface area (Å²) in [5.74, 6) is 0.282. The maximum atomic E-state index is 11.3. The van der Waals surface area contributed by atoms with Gasteiger partial charge in [0, 0.05) is 25.7 Å². The van der Waals surface area contributed by atoms with Crippen molar-refractivity contribution in [3.05, 3.63) is 0 Å². The second kappa shape index (κ2) is 4.89. The topological polar surface area (TPSA) is 23.6 Å². The Morgan fingerprint density at radius 2 is 2.14 bits per heavy atom. The van der Waals surface area contributed by atoms with E-state index in [0.29, 0.717) is 6.04 Å². The lowest BCUT2D eigenvalue weighted by atomic mass is 10.1. The highest BCUT2D eigenvalue weighted by molar-refractivity contribution is 5.80. The molecule has 0 aromatic heterocycles. The summed E-state index contributed by atoms with van der Waals surface area (Å²) in [6, 6.07) is 0.711. The van der Waals surface area contributed by atoms with Crippen LogP contribution in [0.1, 0.15) is 27.2 Å². The molecule has 0 aliphatic carbocycles. The van der Waals surface area contributed by atoms with Crippen molar-refractivity contribution in [2.24, 2.45) is 0 Å². The van der Waals surface area contributed by atoms with E-state index >= 15 is 0 Å². The van der Waals surface area contributed by atoms with Gasteiger partial charge in [-0.25, -0.2) is 0 Å². The van der Waals surface area contributed by atoms with Crippen LogP contribution in [0.5, 0.6) is 0 Å². The van der Waals surface area contributed by atoms with Crippen molar-refractivity contribution in [2.45, 2.75) is 39.3 Å². The van der Waals surface area contributed by atoms with E-state index in [1.54, 1.807) is 6.92 Å². The fraction of sp³-hybridized carbons (Fsp3) is 0.909. The van der Waals surface area contributed by atoms with E-state index in [1.165, 1.54) is 0 Å². The van der Waals surface area contributed by atoms with E-state index < -0.39 is 0 Å². The summed E-state index contributed by atoms with van der Waals surface area (Å²) < 4.78 is 0. The van der Waals surface area contributed by atoms with Crippen molar-refractivity contribution in [3.8, 4) is 0 Å². The molecule has 0 aromatic carbocycles. The quantitative estimate of drug-likeness (QED) is 0.675. The molecule has 1 saturated heterocycles. The summed E-state index contributed by atoms with van der Waals surface area (Å²) in [6.07, 6.45) is 1.16. The Kier molecular flexibility index (Phi) is 4.08. The summed E-state index contributed by atoms with van der Waals surface area (Å²) in [4.78, 5) is 16.0. The maximum absolute atomic E-state index is 11.3. The van der Waals surface area contributed by atoms with E-state index in [2.05, 4.69) is 23.8 Å². The number of piperazine rings is 1. The predicted octanol–water partition coefficient (Wildman–Crippen LogP) is 0.990. The summed E-state index contributed by atoms with van der Waals surface area (Å²) in [5.41, 5.74) is 0. The minimum absolute atomic E-state index is 0.0951. The van der Waals surface area contributed by atoms with Crippen molar-refractivity contribution < 1.29 is 4.79 Å². The lowest BCUT2D eigenvalue weighted by Crippen LogP contribution is -2.55. The van der Waals surface area contributed by atoms with Gasteiger partial charge < -0.3 is 4.90 Å². The van der Waals surface area contributed by atoms with Crippen molar-refractivity contribution in [2.75, 3.05) is 26.7 Å². The molecule has 1 rings (SSSR count). The minimum atomic E-state index is 0.0951. The van der Waals surface area contributed by atoms with Gasteiger partial charge in [-0.3, -0.25) is 9.69 Å². The molecule has 0 amide bonds. The number of carbonyl (C=O) groups excluding carboxylic acids is 1. The molecular weight excluding hydrogens is 176 g/mol. The average molecular weight is 198 g/mol. The van der Waals surface area contributed by atoms with E-state index in [1.807, 2.05) is 6.92 Å². The van der Waals surface area contributed by atoms with Crippen LogP contribution in [-0.2, 0) is 4.79 Å². The number of ketones is 1. The third-order valence-electron chi connectivity index (χ3n) is 3.42. The second-order valence-electron chi connectivity index (χ2n) is 4.32. The van der Waals surface area contributed by atoms with Gasteiger partial charge in [-0.05, 0) is 27.3 Å². The molecule has 0 N–H and O–H groups in total. The van der Waals surface area contributed by atoms with Crippen LogP contribution in [0.3, 0.4) is 0 Å². The highest BCUT2D eigenvalue weighted by Crippen LogP contribution is 2.13. The highest BCUT2D eigenvalue weighted by atomic mass is 16.1. The molecular formula is C11H22N2O. The first-order valence-electron chi connectivity index (χ1n) is 5.51. The summed E-state index contributed by atoms with van der Waals surface area (Å²) in [6.45, 7) is 9.05. The summed E-state index contributed by atoms with van der Waals surface area (Å²) >= 11 is 0. The lowest BCUT2D eigenvalue weighted by molar-refractivity contribution is -0.122. The van der Waals surface area contributed by atoms with Gasteiger partial charge in [-0.2, -0.15) is 0 Å². The third kappa shape index (κ3) is 2.55. The number of likely N-dealkylation sites (N-methyl/N-ethyl adjacent to an activating group) is 1. The Morgan fingerprint density at radius 1 is 1.50 bits per heavy atom. The number of Topliss-reactive ketones (excluding diaryl/α,β-unsaturated/α-hetero) is 1. The Bertz CT molecular complexity index is 205. The molecule has 1 aliphatic heterocycles. The average Bonchev–Trinajstić information content (AvgIpc) is 2.17. The van der Waals surface area contributed by atoms with Crippen LogP contribution in [-0.4, -0.2) is 54.3 Å². The van der Waals surface area contributed by atoms with Gasteiger partial charge in [0.2, 0.25) is 0 Å². The Morgan fingerprint density at radius 3 is 2.64 bits per heavy atom. The molecule has 3 heteroatoms. The zero-order valence-electron chi connectivity index (χ0n) is 9.79. The first-order valence-corrected chi connectivity index (χ1v) is 5.51. The molecule has 82 valence electrons. The molecule has 1 fully saturated rings. The van der Waals surface area contributed by atoms with Gasteiger partial charge in [0.05, 0.1) is 6.04 Å². The fourth-order valence-electron chi connectivity index (χ4n) is 2.02. The third-order valence-corrected chi connectivity index (χ3v) is 3.42. The fourth-order valence-corrected chi connectivity index (χ4v) is 2.02. The van der Waals surface area contributed by atoms with Crippen LogP contribution in [0.4, 0.5) is 0 Å². The lowest BCUT2D eigenvalue weighted by Gasteiger charge is -2.41. The van der Waals surface area contributed by atoms with Crippen molar-refractivity contribution >= 4 is 5.78 Å². The smallest absolute Gasteiger partial charge is 0.146 e. The van der Waals surface area contributed by atoms with Gasteiger partial charge >= 0.3 is 0 Å². The number of rotatable bonds is 3. The van der Waals surface area contributed by atoms with Crippen molar-refractivity contribution in [1.29, 1.82) is 0 Å². The molecule has 2 unspecified atom stereocenters. The molecule has 0 saturated carbocycles. The van der Waals surface area contributed by atoms with E-state index in [0.717, 1.165) is 26.1 Å². The normalized spacial score (nSPS) is 27.6. The van der Waals surface area contributed by atoms with Crippen LogP contribution in [0, 0.1) is 0 Å². The zero-order chi connectivity index (χ0) is 10.7. The molecule has 0 aromatic rings. The molecule has 1 aliphatic rings. The summed E-state index contributed by atoms with van der Waals surface area (Å²) in [5, 5.41) is 0. The van der Waals surface area contributed by atoms with Crippen LogP contribution in [0.2, 0.25) is 0 Å². The number of nitrogens with zero attached hydrogens (tertiary/aromatic N) is 2. The van der Waals surface area contributed by atoms with Crippen LogP contribution < -0.4 is 0 Å². The first kappa shape index (κ1) is 11.7. The van der Waals surface area contributed by atoms with Crippen molar-refractivity contribution in [1.82, 2.24) is 9.80 Å². The molecule has 14 heavy (non-hydrogen) atoms. The standard InChI is InChI=1S/C11H22N2O/c1-5-11-8-13(7-6-12(11)4)9(2)10(3)14/h9,11H,5-8H2,1-4H3. The van der Waals surface area contributed by atoms with Gasteiger partial charge in [-0.1, -0.05) is 6.92 Å².